The van der Waals surface area contributed by atoms with Crippen LogP contribution >= 0.6 is 0 Å². The van der Waals surface area contributed by atoms with Gasteiger partial charge in [-0.05, 0) is 53.1 Å². The lowest BCUT2D eigenvalue weighted by Crippen LogP contribution is -2.39. The summed E-state index contributed by atoms with van der Waals surface area (Å²) in [4.78, 5) is 0. The minimum atomic E-state index is -1.90. The molecule has 0 radical (unpaired) electrons. The monoisotopic (exact) mass is 866 g/mol. The van der Waals surface area contributed by atoms with Crippen molar-refractivity contribution in [2.45, 2.75) is 54.9 Å². The zero-order chi connectivity index (χ0) is 44.9. The Bertz CT molecular complexity index is 2840. The molecule has 6 aromatic rings. The summed E-state index contributed by atoms with van der Waals surface area (Å²) in [5.41, 5.74) is -1.10. The van der Waals surface area contributed by atoms with E-state index in [4.69, 9.17) is 14.2 Å². The minimum Gasteiger partial charge on any atom is -0.508 e. The number of aromatic hydroxyl groups is 12. The summed E-state index contributed by atoms with van der Waals surface area (Å²) in [6, 6.07) is 14.4. The van der Waals surface area contributed by atoms with Crippen LogP contribution in [0, 0.1) is 0 Å². The fraction of sp³-hybridized carbons (Fsp3) is 0.200. The fourth-order valence-corrected chi connectivity index (χ4v) is 8.94. The van der Waals surface area contributed by atoms with Crippen LogP contribution in [0.1, 0.15) is 74.7 Å². The number of fused-ring (bicyclic) bond motifs is 3. The summed E-state index contributed by atoms with van der Waals surface area (Å²) < 4.78 is 18.9. The molecule has 0 aromatic heterocycles. The normalized spacial score (nSPS) is 23.6. The molecule has 326 valence electrons. The standard InChI is InChI=1S/C45H38O18/c46-18-10-27(54)33-32(11-18)61-42(16-2-5-21(48)25(52)8-16)39(59)37(33)35-29(56)14-30(57)36-38(40(60)43(63-45(35)36)17-3-6-22(49)26(53)9-17)34-28(55)13-23(50)19-12-31(58)41(62-44(19)34)15-1-4-20(47)24(51)7-15/h1-11,13-14,31,37-43,46-60H,12H2/t31-,37+,38-,39+,40+,41+,42+,43?/m0/s1. The van der Waals surface area contributed by atoms with Crippen LogP contribution in [-0.2, 0) is 6.42 Å². The second-order valence-electron chi connectivity index (χ2n) is 15.7. The molecule has 0 spiro atoms. The van der Waals surface area contributed by atoms with Crippen LogP contribution in [0.3, 0.4) is 0 Å². The molecule has 0 saturated carbocycles. The first-order valence-electron chi connectivity index (χ1n) is 19.3. The van der Waals surface area contributed by atoms with Crippen molar-refractivity contribution >= 4 is 0 Å². The molecule has 6 aromatic carbocycles. The Morgan fingerprint density at radius 1 is 0.365 bits per heavy atom. The van der Waals surface area contributed by atoms with E-state index >= 15 is 0 Å². The number of aliphatic hydroxyl groups excluding tert-OH is 3. The highest BCUT2D eigenvalue weighted by molar-refractivity contribution is 5.70. The second-order valence-corrected chi connectivity index (χ2v) is 15.7. The molecule has 3 aliphatic rings. The van der Waals surface area contributed by atoms with Gasteiger partial charge in [0.05, 0.1) is 17.9 Å². The molecule has 8 atom stereocenters. The lowest BCUT2D eigenvalue weighted by Gasteiger charge is -2.43. The Morgan fingerprint density at radius 2 is 0.778 bits per heavy atom. The first-order chi connectivity index (χ1) is 29.9. The van der Waals surface area contributed by atoms with Crippen molar-refractivity contribution < 1.29 is 90.8 Å². The molecule has 1 unspecified atom stereocenters. The summed E-state index contributed by atoms with van der Waals surface area (Å²) in [5, 5.41) is 166. The van der Waals surface area contributed by atoms with E-state index in [-0.39, 0.29) is 62.4 Å². The molecule has 18 heteroatoms. The van der Waals surface area contributed by atoms with Crippen molar-refractivity contribution in [2.24, 2.45) is 0 Å². The third kappa shape index (κ3) is 6.46. The van der Waals surface area contributed by atoms with Crippen molar-refractivity contribution in [1.29, 1.82) is 0 Å². The van der Waals surface area contributed by atoms with E-state index < -0.39 is 123 Å². The van der Waals surface area contributed by atoms with Gasteiger partial charge in [-0.1, -0.05) is 18.2 Å². The maximum Gasteiger partial charge on any atom is 0.157 e. The van der Waals surface area contributed by atoms with Gasteiger partial charge in [-0.2, -0.15) is 0 Å². The van der Waals surface area contributed by atoms with Crippen molar-refractivity contribution in [3.05, 3.63) is 123 Å². The van der Waals surface area contributed by atoms with Gasteiger partial charge in [0.15, 0.2) is 46.7 Å². The van der Waals surface area contributed by atoms with Gasteiger partial charge < -0.3 is 90.8 Å². The Labute approximate surface area is 354 Å². The molecular formula is C45H38O18. The summed E-state index contributed by atoms with van der Waals surface area (Å²) in [5.74, 6) is -11.5. The summed E-state index contributed by atoms with van der Waals surface area (Å²) >= 11 is 0. The molecular weight excluding hydrogens is 828 g/mol. The van der Waals surface area contributed by atoms with E-state index in [2.05, 4.69) is 0 Å². The van der Waals surface area contributed by atoms with Gasteiger partial charge >= 0.3 is 0 Å². The van der Waals surface area contributed by atoms with Crippen LogP contribution in [0.2, 0.25) is 0 Å². The smallest absolute Gasteiger partial charge is 0.157 e. The van der Waals surface area contributed by atoms with Crippen molar-refractivity contribution in [1.82, 2.24) is 0 Å². The molecule has 0 saturated heterocycles. The zero-order valence-electron chi connectivity index (χ0n) is 32.3. The lowest BCUT2D eigenvalue weighted by molar-refractivity contribution is -0.00562. The van der Waals surface area contributed by atoms with Crippen LogP contribution in [0.15, 0.2) is 78.9 Å². The van der Waals surface area contributed by atoms with Gasteiger partial charge in [-0.3, -0.25) is 0 Å². The van der Waals surface area contributed by atoms with Crippen molar-refractivity contribution in [3.8, 4) is 86.2 Å². The summed E-state index contributed by atoms with van der Waals surface area (Å²) in [6.07, 6.45) is -9.93. The number of ether oxygens (including phenoxy) is 3. The Balaban J connectivity index is 1.31. The van der Waals surface area contributed by atoms with E-state index in [1.807, 2.05) is 0 Å². The topological polar surface area (TPSA) is 331 Å². The quantitative estimate of drug-likeness (QED) is 0.106. The number of aliphatic hydroxyl groups is 3. The molecule has 3 aliphatic heterocycles. The highest BCUT2D eigenvalue weighted by Crippen LogP contribution is 2.62. The summed E-state index contributed by atoms with van der Waals surface area (Å²) in [6.45, 7) is 0. The first kappa shape index (κ1) is 40.6. The highest BCUT2D eigenvalue weighted by atomic mass is 16.5. The van der Waals surface area contributed by atoms with Crippen LogP contribution in [0.4, 0.5) is 0 Å². The molecule has 0 bridgehead atoms. The second kappa shape index (κ2) is 14.7. The largest absolute Gasteiger partial charge is 0.508 e. The van der Waals surface area contributed by atoms with E-state index in [0.717, 1.165) is 60.7 Å². The number of hydrogen-bond donors (Lipinski definition) is 15. The van der Waals surface area contributed by atoms with E-state index in [9.17, 15) is 76.6 Å². The summed E-state index contributed by atoms with van der Waals surface area (Å²) in [7, 11) is 0. The maximum absolute atomic E-state index is 12.5. The first-order valence-corrected chi connectivity index (χ1v) is 19.3. The van der Waals surface area contributed by atoms with Gasteiger partial charge in [0, 0.05) is 58.5 Å². The number of benzene rings is 6. The maximum atomic E-state index is 12.5. The molecule has 63 heavy (non-hydrogen) atoms. The molecule has 9 rings (SSSR count). The molecule has 0 fully saturated rings. The van der Waals surface area contributed by atoms with Gasteiger partial charge in [0.1, 0.15) is 70.1 Å². The fourth-order valence-electron chi connectivity index (χ4n) is 8.94. The SMILES string of the molecule is Oc1cc(O)c2c(c1)O[C@H](c1ccc(O)c(O)c1)[C@H](O)[C@H]2c1c(O)cc(O)c2c1OC(c1ccc(O)c(O)c1)[C@H](O)[C@H]2c1c(O)cc(O)c2c1O[C@H](c1ccc(O)c(O)c1)[C@@H](O)C2. The van der Waals surface area contributed by atoms with E-state index in [0.29, 0.717) is 0 Å². The van der Waals surface area contributed by atoms with Gasteiger partial charge in [-0.25, -0.2) is 0 Å². The number of phenols is 12. The molecule has 3 heterocycles. The Hall–Kier alpha value is -7.80. The van der Waals surface area contributed by atoms with E-state index in [1.165, 1.54) is 18.2 Å². The van der Waals surface area contributed by atoms with Crippen LogP contribution in [0.25, 0.3) is 0 Å². The molecule has 18 nitrogen and oxygen atoms in total. The Morgan fingerprint density at radius 3 is 1.29 bits per heavy atom. The van der Waals surface area contributed by atoms with Gasteiger partial charge in [-0.15, -0.1) is 0 Å². The van der Waals surface area contributed by atoms with E-state index in [1.54, 1.807) is 0 Å². The minimum absolute atomic E-state index is 0.0127. The molecule has 15 N–H and O–H groups in total. The molecule has 0 aliphatic carbocycles. The average Bonchev–Trinajstić information content (AvgIpc) is 3.22. The van der Waals surface area contributed by atoms with Crippen LogP contribution in [0.5, 0.6) is 86.2 Å². The van der Waals surface area contributed by atoms with Crippen LogP contribution < -0.4 is 14.2 Å². The number of hydrogen-bond acceptors (Lipinski definition) is 18. The third-order valence-corrected chi connectivity index (χ3v) is 11.8. The van der Waals surface area contributed by atoms with Gasteiger partial charge in [0.2, 0.25) is 0 Å². The van der Waals surface area contributed by atoms with Crippen molar-refractivity contribution in [3.63, 3.8) is 0 Å². The molecule has 0 amide bonds. The lowest BCUT2D eigenvalue weighted by atomic mass is 9.73. The predicted octanol–water partition coefficient (Wildman–Crippen LogP) is 4.44. The zero-order valence-corrected chi connectivity index (χ0v) is 32.3. The van der Waals surface area contributed by atoms with Gasteiger partial charge in [0.25, 0.3) is 0 Å². The predicted molar refractivity (Wildman–Crippen MR) is 214 cm³/mol. The van der Waals surface area contributed by atoms with Crippen molar-refractivity contribution in [2.75, 3.05) is 0 Å². The average molecular weight is 867 g/mol. The number of rotatable bonds is 5. The highest BCUT2D eigenvalue weighted by Gasteiger charge is 2.51. The third-order valence-electron chi connectivity index (χ3n) is 11.8. The Kier molecular flexibility index (Phi) is 9.46. The number of phenolic OH excluding ortho intramolecular Hbond substituents is 12. The van der Waals surface area contributed by atoms with Crippen LogP contribution in [-0.4, -0.2) is 94.9 Å².